The summed E-state index contributed by atoms with van der Waals surface area (Å²) in [6.45, 7) is 5.52. The Morgan fingerprint density at radius 1 is 1.07 bits per heavy atom. The van der Waals surface area contributed by atoms with E-state index in [9.17, 15) is 9.59 Å². The smallest absolute Gasteiger partial charge is 0.276 e. The van der Waals surface area contributed by atoms with Crippen LogP contribution < -0.4 is 10.9 Å². The Morgan fingerprint density at radius 3 is 2.50 bits per heavy atom. The van der Waals surface area contributed by atoms with Crippen LogP contribution in [-0.2, 0) is 4.79 Å². The van der Waals surface area contributed by atoms with Gasteiger partial charge in [-0.15, -0.1) is 11.3 Å². The summed E-state index contributed by atoms with van der Waals surface area (Å²) in [5, 5.41) is 8.99. The Morgan fingerprint density at radius 2 is 1.75 bits per heavy atom. The van der Waals surface area contributed by atoms with E-state index in [1.807, 2.05) is 68.4 Å². The summed E-state index contributed by atoms with van der Waals surface area (Å²) < 4.78 is 3.24. The maximum absolute atomic E-state index is 13.2. The number of nitrogens with one attached hydrogen (secondary N) is 1. The van der Waals surface area contributed by atoms with Crippen LogP contribution in [-0.4, -0.2) is 15.7 Å². The molecule has 2 atom stereocenters. The second kappa shape index (κ2) is 7.20. The van der Waals surface area contributed by atoms with Crippen LogP contribution in [0.25, 0.3) is 20.2 Å². The number of thiophene rings is 1. The first-order chi connectivity index (χ1) is 13.5. The molecule has 4 rings (SSSR count). The predicted molar refractivity (Wildman–Crippen MR) is 114 cm³/mol. The topological polar surface area (TPSA) is 64.0 Å². The monoisotopic (exact) mass is 391 g/mol. The molecule has 4 aromatic rings. The number of hydrogen-bond donors (Lipinski definition) is 1. The third-order valence-electron chi connectivity index (χ3n) is 5.01. The summed E-state index contributed by atoms with van der Waals surface area (Å²) in [5.74, 6) is -0.232. The predicted octanol–water partition coefficient (Wildman–Crippen LogP) is 4.36. The molecule has 0 aliphatic carbocycles. The highest BCUT2D eigenvalue weighted by Gasteiger charge is 2.23. The van der Waals surface area contributed by atoms with Crippen molar-refractivity contribution in [3.63, 3.8) is 0 Å². The lowest BCUT2D eigenvalue weighted by molar-refractivity contribution is -0.124. The summed E-state index contributed by atoms with van der Waals surface area (Å²) in [6, 6.07) is 16.7. The Kier molecular flexibility index (Phi) is 4.73. The highest BCUT2D eigenvalue weighted by Crippen LogP contribution is 2.32. The van der Waals surface area contributed by atoms with Gasteiger partial charge in [-0.3, -0.25) is 9.59 Å². The number of fused-ring (bicyclic) bond motifs is 3. The van der Waals surface area contributed by atoms with Gasteiger partial charge in [-0.05, 0) is 32.4 Å². The van der Waals surface area contributed by atoms with Gasteiger partial charge in [-0.2, -0.15) is 5.10 Å². The molecule has 2 aromatic heterocycles. The summed E-state index contributed by atoms with van der Waals surface area (Å²) in [4.78, 5) is 26.0. The summed E-state index contributed by atoms with van der Waals surface area (Å²) in [7, 11) is 0. The average molecular weight is 391 g/mol. The lowest BCUT2D eigenvalue weighted by Gasteiger charge is -2.19. The van der Waals surface area contributed by atoms with Gasteiger partial charge in [0, 0.05) is 10.1 Å². The SMILES string of the molecule is Cc1nn([C@H](C)C(=O)N[C@@H](C)c2ccccc2)c(=O)c2c1sc1ccccc12. The number of carbonyl (C=O) groups is 1. The van der Waals surface area contributed by atoms with E-state index < -0.39 is 6.04 Å². The highest BCUT2D eigenvalue weighted by molar-refractivity contribution is 7.26. The van der Waals surface area contributed by atoms with Crippen molar-refractivity contribution in [1.29, 1.82) is 0 Å². The maximum Gasteiger partial charge on any atom is 0.276 e. The summed E-state index contributed by atoms with van der Waals surface area (Å²) in [5.41, 5.74) is 1.54. The van der Waals surface area contributed by atoms with Crippen molar-refractivity contribution in [3.05, 3.63) is 76.2 Å². The largest absolute Gasteiger partial charge is 0.348 e. The van der Waals surface area contributed by atoms with Gasteiger partial charge in [-0.1, -0.05) is 48.5 Å². The number of nitrogens with zero attached hydrogens (tertiary/aromatic N) is 2. The molecule has 0 aliphatic rings. The molecular weight excluding hydrogens is 370 g/mol. The molecule has 6 heteroatoms. The molecule has 0 aliphatic heterocycles. The van der Waals surface area contributed by atoms with Crippen LogP contribution >= 0.6 is 11.3 Å². The van der Waals surface area contributed by atoms with Gasteiger partial charge < -0.3 is 5.32 Å². The lowest BCUT2D eigenvalue weighted by Crippen LogP contribution is -2.38. The fourth-order valence-electron chi connectivity index (χ4n) is 3.41. The van der Waals surface area contributed by atoms with E-state index >= 15 is 0 Å². The Hall–Kier alpha value is -2.99. The second-order valence-corrected chi connectivity index (χ2v) is 8.01. The first-order valence-corrected chi connectivity index (χ1v) is 10.0. The van der Waals surface area contributed by atoms with Crippen molar-refractivity contribution in [3.8, 4) is 0 Å². The van der Waals surface area contributed by atoms with Gasteiger partial charge in [0.2, 0.25) is 5.91 Å². The van der Waals surface area contributed by atoms with Crippen molar-refractivity contribution in [2.75, 3.05) is 0 Å². The standard InChI is InChI=1S/C22H21N3O2S/c1-13(16-9-5-4-6-10-16)23-21(26)15(3)25-22(27)19-17-11-7-8-12-18(17)28-20(19)14(2)24-25/h4-13,15H,1-3H3,(H,23,26)/t13-,15+/m0/s1. The van der Waals surface area contributed by atoms with E-state index in [0.29, 0.717) is 5.39 Å². The Bertz CT molecular complexity index is 1230. The number of aromatic nitrogens is 2. The van der Waals surface area contributed by atoms with Gasteiger partial charge >= 0.3 is 0 Å². The van der Waals surface area contributed by atoms with Crippen LogP contribution in [0.3, 0.4) is 0 Å². The van der Waals surface area contributed by atoms with Crippen LogP contribution in [0.4, 0.5) is 0 Å². The van der Waals surface area contributed by atoms with Gasteiger partial charge in [0.15, 0.2) is 0 Å². The Labute approximate surface area is 166 Å². The number of hydrogen-bond acceptors (Lipinski definition) is 4. The minimum atomic E-state index is -0.708. The summed E-state index contributed by atoms with van der Waals surface area (Å²) in [6.07, 6.45) is 0. The second-order valence-electron chi connectivity index (χ2n) is 6.95. The molecule has 0 saturated carbocycles. The van der Waals surface area contributed by atoms with E-state index in [1.54, 1.807) is 18.3 Å². The highest BCUT2D eigenvalue weighted by atomic mass is 32.1. The van der Waals surface area contributed by atoms with Crippen molar-refractivity contribution in [2.45, 2.75) is 32.9 Å². The molecule has 0 bridgehead atoms. The molecule has 28 heavy (non-hydrogen) atoms. The molecule has 0 saturated heterocycles. The number of carbonyl (C=O) groups excluding carboxylic acids is 1. The third-order valence-corrected chi connectivity index (χ3v) is 6.29. The number of benzene rings is 2. The maximum atomic E-state index is 13.2. The van der Waals surface area contributed by atoms with Crippen molar-refractivity contribution < 1.29 is 4.79 Å². The molecule has 1 amide bonds. The molecule has 0 radical (unpaired) electrons. The van der Waals surface area contributed by atoms with E-state index in [-0.39, 0.29) is 17.5 Å². The van der Waals surface area contributed by atoms with Gasteiger partial charge in [-0.25, -0.2) is 4.68 Å². The van der Waals surface area contributed by atoms with Gasteiger partial charge in [0.1, 0.15) is 6.04 Å². The molecular formula is C22H21N3O2S. The Balaban J connectivity index is 1.72. The van der Waals surface area contributed by atoms with Crippen LogP contribution in [0.2, 0.25) is 0 Å². The molecule has 2 heterocycles. The van der Waals surface area contributed by atoms with Crippen LogP contribution in [0, 0.1) is 6.92 Å². The van der Waals surface area contributed by atoms with Crippen molar-refractivity contribution in [2.24, 2.45) is 0 Å². The van der Waals surface area contributed by atoms with E-state index in [4.69, 9.17) is 0 Å². The van der Waals surface area contributed by atoms with E-state index in [0.717, 1.165) is 26.0 Å². The minimum absolute atomic E-state index is 0.154. The van der Waals surface area contributed by atoms with E-state index in [2.05, 4.69) is 10.4 Å². The van der Waals surface area contributed by atoms with Gasteiger partial charge in [0.05, 0.1) is 21.8 Å². The molecule has 1 N–H and O–H groups in total. The number of rotatable bonds is 4. The molecule has 0 unspecified atom stereocenters. The molecule has 0 spiro atoms. The number of amides is 1. The van der Waals surface area contributed by atoms with E-state index in [1.165, 1.54) is 4.68 Å². The molecule has 142 valence electrons. The lowest BCUT2D eigenvalue weighted by atomic mass is 10.1. The zero-order chi connectivity index (χ0) is 19.8. The zero-order valence-corrected chi connectivity index (χ0v) is 16.8. The molecule has 0 fully saturated rings. The summed E-state index contributed by atoms with van der Waals surface area (Å²) >= 11 is 1.56. The van der Waals surface area contributed by atoms with Crippen LogP contribution in [0.15, 0.2) is 59.4 Å². The van der Waals surface area contributed by atoms with Crippen molar-refractivity contribution >= 4 is 37.4 Å². The number of aryl methyl sites for hydroxylation is 1. The molecule has 5 nitrogen and oxygen atoms in total. The van der Waals surface area contributed by atoms with Gasteiger partial charge in [0.25, 0.3) is 5.56 Å². The first kappa shape index (κ1) is 18.4. The van der Waals surface area contributed by atoms with Crippen LogP contribution in [0.5, 0.6) is 0 Å². The first-order valence-electron chi connectivity index (χ1n) is 9.23. The fraction of sp³-hybridized carbons (Fsp3) is 0.227. The normalized spacial score (nSPS) is 13.5. The van der Waals surface area contributed by atoms with Crippen molar-refractivity contribution in [1.82, 2.24) is 15.1 Å². The fourth-order valence-corrected chi connectivity index (χ4v) is 4.55. The molecule has 2 aromatic carbocycles. The zero-order valence-electron chi connectivity index (χ0n) is 16.0. The quantitative estimate of drug-likeness (QED) is 0.562. The average Bonchev–Trinajstić information content (AvgIpc) is 3.11. The third kappa shape index (κ3) is 3.10. The van der Waals surface area contributed by atoms with Crippen LogP contribution in [0.1, 0.15) is 37.2 Å². The minimum Gasteiger partial charge on any atom is -0.348 e.